The van der Waals surface area contributed by atoms with Gasteiger partial charge in [-0.3, -0.25) is 0 Å². The minimum atomic E-state index is -0.266. The van der Waals surface area contributed by atoms with Crippen molar-refractivity contribution in [3.05, 3.63) is 35.6 Å². The fourth-order valence-electron chi connectivity index (χ4n) is 1.29. The molecule has 1 rings (SSSR count). The van der Waals surface area contributed by atoms with Gasteiger partial charge in [0, 0.05) is 19.6 Å². The molecule has 0 aliphatic heterocycles. The van der Waals surface area contributed by atoms with E-state index < -0.39 is 0 Å². The van der Waals surface area contributed by atoms with Gasteiger partial charge < -0.3 is 10.2 Å². The maximum absolute atomic E-state index is 12.7. The van der Waals surface area contributed by atoms with Gasteiger partial charge in [-0.2, -0.15) is 0 Å². The predicted molar refractivity (Wildman–Crippen MR) is 61.5 cm³/mol. The summed E-state index contributed by atoms with van der Waals surface area (Å²) in [7, 11) is 1.71. The van der Waals surface area contributed by atoms with Crippen LogP contribution in [0.15, 0.2) is 24.3 Å². The van der Waals surface area contributed by atoms with Gasteiger partial charge in [0.05, 0.1) is 0 Å². The molecule has 0 aliphatic rings. The standard InChI is InChI=1S/C12H17FN2O/c1-9(2)14-12(16)15(3)8-10-4-6-11(13)7-5-10/h4-7,9H,8H2,1-3H3,(H,14,16). The topological polar surface area (TPSA) is 32.3 Å². The van der Waals surface area contributed by atoms with Crippen LogP contribution in [0.1, 0.15) is 19.4 Å². The quantitative estimate of drug-likeness (QED) is 0.840. The normalized spacial score (nSPS) is 10.3. The van der Waals surface area contributed by atoms with Crippen LogP contribution in [0, 0.1) is 5.82 Å². The Labute approximate surface area is 95.3 Å². The van der Waals surface area contributed by atoms with E-state index in [0.717, 1.165) is 5.56 Å². The van der Waals surface area contributed by atoms with Gasteiger partial charge in [-0.15, -0.1) is 0 Å². The highest BCUT2D eigenvalue weighted by Gasteiger charge is 2.09. The van der Waals surface area contributed by atoms with Crippen LogP contribution in [-0.4, -0.2) is 24.0 Å². The second-order valence-electron chi connectivity index (χ2n) is 4.09. The third kappa shape index (κ3) is 3.88. The summed E-state index contributed by atoms with van der Waals surface area (Å²) in [5, 5.41) is 2.79. The van der Waals surface area contributed by atoms with Gasteiger partial charge in [0.15, 0.2) is 0 Å². The van der Waals surface area contributed by atoms with Crippen molar-refractivity contribution in [2.45, 2.75) is 26.4 Å². The second-order valence-corrected chi connectivity index (χ2v) is 4.09. The third-order valence-corrected chi connectivity index (χ3v) is 2.09. The fourth-order valence-corrected chi connectivity index (χ4v) is 1.29. The summed E-state index contributed by atoms with van der Waals surface area (Å²) in [6, 6.07) is 6.12. The summed E-state index contributed by atoms with van der Waals surface area (Å²) in [5.74, 6) is -0.266. The van der Waals surface area contributed by atoms with Gasteiger partial charge in [0.1, 0.15) is 5.82 Å². The van der Waals surface area contributed by atoms with Crippen molar-refractivity contribution in [3.63, 3.8) is 0 Å². The van der Waals surface area contributed by atoms with Crippen LogP contribution in [-0.2, 0) is 6.54 Å². The minimum absolute atomic E-state index is 0.114. The van der Waals surface area contributed by atoms with E-state index in [1.54, 1.807) is 24.1 Å². The molecule has 0 aromatic heterocycles. The molecule has 0 aliphatic carbocycles. The van der Waals surface area contributed by atoms with Crippen molar-refractivity contribution in [1.82, 2.24) is 10.2 Å². The SMILES string of the molecule is CC(C)NC(=O)N(C)Cc1ccc(F)cc1. The molecular weight excluding hydrogens is 207 g/mol. The number of amides is 2. The molecule has 0 saturated carbocycles. The number of benzene rings is 1. The number of nitrogens with one attached hydrogen (secondary N) is 1. The van der Waals surface area contributed by atoms with E-state index in [0.29, 0.717) is 6.54 Å². The van der Waals surface area contributed by atoms with Crippen molar-refractivity contribution >= 4 is 6.03 Å². The molecule has 0 fully saturated rings. The molecule has 88 valence electrons. The van der Waals surface area contributed by atoms with Crippen LogP contribution in [0.3, 0.4) is 0 Å². The van der Waals surface area contributed by atoms with Gasteiger partial charge in [-0.25, -0.2) is 9.18 Å². The lowest BCUT2D eigenvalue weighted by atomic mass is 10.2. The first-order chi connectivity index (χ1) is 7.49. The van der Waals surface area contributed by atoms with E-state index in [1.165, 1.54) is 12.1 Å². The molecule has 1 aromatic carbocycles. The molecule has 0 atom stereocenters. The summed E-state index contributed by atoms with van der Waals surface area (Å²) in [5.41, 5.74) is 0.905. The van der Waals surface area contributed by atoms with Gasteiger partial charge in [0.2, 0.25) is 0 Å². The maximum Gasteiger partial charge on any atom is 0.317 e. The largest absolute Gasteiger partial charge is 0.336 e. The second kappa shape index (κ2) is 5.49. The van der Waals surface area contributed by atoms with Crippen molar-refractivity contribution < 1.29 is 9.18 Å². The zero-order chi connectivity index (χ0) is 12.1. The number of carbonyl (C=O) groups is 1. The smallest absolute Gasteiger partial charge is 0.317 e. The number of hydrogen-bond donors (Lipinski definition) is 1. The van der Waals surface area contributed by atoms with Crippen molar-refractivity contribution in [2.24, 2.45) is 0 Å². The minimum Gasteiger partial charge on any atom is -0.336 e. The number of carbonyl (C=O) groups excluding carboxylic acids is 1. The molecule has 0 saturated heterocycles. The first-order valence-electron chi connectivity index (χ1n) is 5.25. The number of nitrogens with zero attached hydrogens (tertiary/aromatic N) is 1. The fraction of sp³-hybridized carbons (Fsp3) is 0.417. The van der Waals surface area contributed by atoms with E-state index in [1.807, 2.05) is 13.8 Å². The monoisotopic (exact) mass is 224 g/mol. The highest BCUT2D eigenvalue weighted by atomic mass is 19.1. The Morgan fingerprint density at radius 3 is 2.44 bits per heavy atom. The Kier molecular flexibility index (Phi) is 4.28. The van der Waals surface area contributed by atoms with E-state index in [9.17, 15) is 9.18 Å². The number of rotatable bonds is 3. The number of hydrogen-bond acceptors (Lipinski definition) is 1. The van der Waals surface area contributed by atoms with Crippen molar-refractivity contribution in [1.29, 1.82) is 0 Å². The molecule has 0 bridgehead atoms. The maximum atomic E-state index is 12.7. The Bertz CT molecular complexity index is 349. The van der Waals surface area contributed by atoms with Gasteiger partial charge in [-0.05, 0) is 31.5 Å². The summed E-state index contributed by atoms with van der Waals surface area (Å²) in [6.45, 7) is 4.28. The Morgan fingerprint density at radius 2 is 1.94 bits per heavy atom. The van der Waals surface area contributed by atoms with Crippen molar-refractivity contribution in [3.8, 4) is 0 Å². The first kappa shape index (κ1) is 12.5. The zero-order valence-corrected chi connectivity index (χ0v) is 9.83. The van der Waals surface area contributed by atoms with Crippen LogP contribution in [0.25, 0.3) is 0 Å². The lowest BCUT2D eigenvalue weighted by Gasteiger charge is -2.19. The molecule has 1 aromatic rings. The summed E-state index contributed by atoms with van der Waals surface area (Å²) < 4.78 is 12.7. The highest BCUT2D eigenvalue weighted by molar-refractivity contribution is 5.74. The molecule has 4 heteroatoms. The molecule has 0 unspecified atom stereocenters. The van der Waals surface area contributed by atoms with Crippen LogP contribution in [0.5, 0.6) is 0 Å². The number of urea groups is 1. The van der Waals surface area contributed by atoms with Gasteiger partial charge in [0.25, 0.3) is 0 Å². The van der Waals surface area contributed by atoms with E-state index in [4.69, 9.17) is 0 Å². The highest BCUT2D eigenvalue weighted by Crippen LogP contribution is 2.05. The molecule has 2 amide bonds. The molecular formula is C12H17FN2O. The van der Waals surface area contributed by atoms with Gasteiger partial charge >= 0.3 is 6.03 Å². The Hall–Kier alpha value is -1.58. The molecule has 0 spiro atoms. The average Bonchev–Trinajstić information content (AvgIpc) is 2.20. The van der Waals surface area contributed by atoms with E-state index in [-0.39, 0.29) is 17.9 Å². The molecule has 3 nitrogen and oxygen atoms in total. The van der Waals surface area contributed by atoms with Crippen LogP contribution >= 0.6 is 0 Å². The first-order valence-corrected chi connectivity index (χ1v) is 5.25. The zero-order valence-electron chi connectivity index (χ0n) is 9.83. The molecule has 1 N–H and O–H groups in total. The Balaban J connectivity index is 2.53. The third-order valence-electron chi connectivity index (χ3n) is 2.09. The van der Waals surface area contributed by atoms with Crippen LogP contribution < -0.4 is 5.32 Å². The summed E-state index contributed by atoms with van der Waals surface area (Å²) in [4.78, 5) is 13.1. The lowest BCUT2D eigenvalue weighted by Crippen LogP contribution is -2.40. The Morgan fingerprint density at radius 1 is 1.38 bits per heavy atom. The average molecular weight is 224 g/mol. The van der Waals surface area contributed by atoms with E-state index >= 15 is 0 Å². The number of halogens is 1. The van der Waals surface area contributed by atoms with E-state index in [2.05, 4.69) is 5.32 Å². The van der Waals surface area contributed by atoms with Crippen molar-refractivity contribution in [2.75, 3.05) is 7.05 Å². The molecule has 0 heterocycles. The summed E-state index contributed by atoms with van der Waals surface area (Å²) in [6.07, 6.45) is 0. The molecule has 0 radical (unpaired) electrons. The van der Waals surface area contributed by atoms with Gasteiger partial charge in [-0.1, -0.05) is 12.1 Å². The van der Waals surface area contributed by atoms with Crippen LogP contribution in [0.2, 0.25) is 0 Å². The van der Waals surface area contributed by atoms with Crippen LogP contribution in [0.4, 0.5) is 9.18 Å². The lowest BCUT2D eigenvalue weighted by molar-refractivity contribution is 0.204. The predicted octanol–water partition coefficient (Wildman–Crippen LogP) is 2.38. The molecule has 16 heavy (non-hydrogen) atoms. The summed E-state index contributed by atoms with van der Waals surface area (Å²) >= 11 is 0.